The van der Waals surface area contributed by atoms with Gasteiger partial charge < -0.3 is 10.2 Å². The van der Waals surface area contributed by atoms with E-state index in [4.69, 9.17) is 5.11 Å². The number of aromatic hydroxyl groups is 1. The largest absolute Gasteiger partial charge is 0.508 e. The normalized spacial score (nSPS) is 12.7. The highest BCUT2D eigenvalue weighted by Crippen LogP contribution is 2.19. The fourth-order valence-corrected chi connectivity index (χ4v) is 1.95. The lowest BCUT2D eigenvalue weighted by atomic mass is 10.1. The summed E-state index contributed by atoms with van der Waals surface area (Å²) in [6, 6.07) is 10.7. The maximum Gasteiger partial charge on any atom is 0.115 e. The maximum atomic E-state index is 9.26. The summed E-state index contributed by atoms with van der Waals surface area (Å²) in [5.74, 6) is 0.239. The van der Waals surface area contributed by atoms with Gasteiger partial charge in [0.2, 0.25) is 0 Å². The van der Waals surface area contributed by atoms with Crippen molar-refractivity contribution in [2.45, 2.75) is 32.3 Å². The van der Waals surface area contributed by atoms with Crippen molar-refractivity contribution >= 4 is 6.08 Å². The van der Waals surface area contributed by atoms with E-state index in [2.05, 4.69) is 10.2 Å². The Bertz CT molecular complexity index is 575. The van der Waals surface area contributed by atoms with Gasteiger partial charge in [0.05, 0.1) is 17.5 Å². The number of benzene rings is 1. The van der Waals surface area contributed by atoms with Crippen LogP contribution in [-0.2, 0) is 0 Å². The minimum atomic E-state index is -0.234. The van der Waals surface area contributed by atoms with E-state index in [1.54, 1.807) is 19.1 Å². The molecule has 110 valence electrons. The lowest BCUT2D eigenvalue weighted by molar-refractivity contribution is 0.182. The van der Waals surface area contributed by atoms with Gasteiger partial charge in [0, 0.05) is 5.56 Å². The number of phenolic OH excluding ortho intramolecular Hbond substituents is 1. The number of nitrogens with zero attached hydrogens (tertiary/aromatic N) is 2. The van der Waals surface area contributed by atoms with E-state index in [1.165, 1.54) is 0 Å². The summed E-state index contributed by atoms with van der Waals surface area (Å²) in [7, 11) is 0. The summed E-state index contributed by atoms with van der Waals surface area (Å²) in [5, 5.41) is 26.8. The smallest absolute Gasteiger partial charge is 0.115 e. The third-order valence-corrected chi connectivity index (χ3v) is 3.13. The van der Waals surface area contributed by atoms with E-state index in [-0.39, 0.29) is 11.9 Å². The van der Waals surface area contributed by atoms with Crippen LogP contribution in [0.4, 0.5) is 0 Å². The van der Waals surface area contributed by atoms with Crippen LogP contribution in [0.25, 0.3) is 17.3 Å². The molecule has 4 nitrogen and oxygen atoms in total. The Hall–Kier alpha value is -2.20. The van der Waals surface area contributed by atoms with Crippen molar-refractivity contribution in [2.75, 3.05) is 0 Å². The van der Waals surface area contributed by atoms with Gasteiger partial charge in [-0.25, -0.2) is 0 Å². The summed E-state index contributed by atoms with van der Waals surface area (Å²) in [6.07, 6.45) is 6.46. The fourth-order valence-electron chi connectivity index (χ4n) is 1.95. The van der Waals surface area contributed by atoms with E-state index in [9.17, 15) is 5.11 Å². The molecular weight excluding hydrogens is 264 g/mol. The number of phenols is 1. The van der Waals surface area contributed by atoms with Gasteiger partial charge in [-0.1, -0.05) is 6.08 Å². The first kappa shape index (κ1) is 15.2. The van der Waals surface area contributed by atoms with E-state index in [0.717, 1.165) is 36.2 Å². The summed E-state index contributed by atoms with van der Waals surface area (Å²) in [4.78, 5) is 0. The molecular formula is C17H20N2O2. The Morgan fingerprint density at radius 1 is 1.10 bits per heavy atom. The van der Waals surface area contributed by atoms with Gasteiger partial charge in [-0.05, 0) is 68.7 Å². The molecule has 4 heteroatoms. The van der Waals surface area contributed by atoms with Crippen LogP contribution in [0.1, 0.15) is 31.9 Å². The summed E-state index contributed by atoms with van der Waals surface area (Å²) in [6.45, 7) is 1.80. The lowest BCUT2D eigenvalue weighted by Crippen LogP contribution is -1.97. The Labute approximate surface area is 124 Å². The van der Waals surface area contributed by atoms with Crippen LogP contribution >= 0.6 is 0 Å². The number of aliphatic hydroxyl groups excluding tert-OH is 1. The molecule has 0 radical (unpaired) electrons. The van der Waals surface area contributed by atoms with Crippen LogP contribution < -0.4 is 0 Å². The molecule has 0 saturated heterocycles. The van der Waals surface area contributed by atoms with Crippen molar-refractivity contribution in [3.8, 4) is 17.0 Å². The highest BCUT2D eigenvalue weighted by atomic mass is 16.3. The quantitative estimate of drug-likeness (QED) is 0.798. The highest BCUT2D eigenvalue weighted by Gasteiger charge is 2.00. The predicted octanol–water partition coefficient (Wildman–Crippen LogP) is 3.41. The number of aromatic nitrogens is 2. The molecule has 1 heterocycles. The SMILES string of the molecule is CC(O)CCC/C=C/c1ccc(-c2ccc(O)cc2)nn1. The highest BCUT2D eigenvalue weighted by molar-refractivity contribution is 5.60. The molecule has 0 spiro atoms. The summed E-state index contributed by atoms with van der Waals surface area (Å²) < 4.78 is 0. The average Bonchev–Trinajstić information content (AvgIpc) is 2.48. The van der Waals surface area contributed by atoms with E-state index in [0.29, 0.717) is 0 Å². The lowest BCUT2D eigenvalue weighted by Gasteiger charge is -2.01. The fraction of sp³-hybridized carbons (Fsp3) is 0.294. The Morgan fingerprint density at radius 3 is 2.48 bits per heavy atom. The second-order valence-corrected chi connectivity index (χ2v) is 5.07. The monoisotopic (exact) mass is 284 g/mol. The van der Waals surface area contributed by atoms with Gasteiger partial charge >= 0.3 is 0 Å². The van der Waals surface area contributed by atoms with Gasteiger partial charge in [0.1, 0.15) is 5.75 Å². The van der Waals surface area contributed by atoms with Gasteiger partial charge in [0.25, 0.3) is 0 Å². The van der Waals surface area contributed by atoms with Crippen molar-refractivity contribution in [1.82, 2.24) is 10.2 Å². The Balaban J connectivity index is 1.92. The standard InChI is InChI=1S/C17H20N2O2/c1-13(20)5-3-2-4-6-15-9-12-17(19-18-15)14-7-10-16(21)11-8-14/h4,6-13,20-21H,2-3,5H2,1H3/b6-4+. The molecule has 0 bridgehead atoms. The molecule has 21 heavy (non-hydrogen) atoms. The Morgan fingerprint density at radius 2 is 1.86 bits per heavy atom. The molecule has 0 amide bonds. The summed E-state index contributed by atoms with van der Waals surface area (Å²) >= 11 is 0. The second-order valence-electron chi connectivity index (χ2n) is 5.07. The number of unbranched alkanes of at least 4 members (excludes halogenated alkanes) is 1. The zero-order valence-corrected chi connectivity index (χ0v) is 12.1. The molecule has 1 unspecified atom stereocenters. The molecule has 2 rings (SSSR count). The van der Waals surface area contributed by atoms with Crippen molar-refractivity contribution in [2.24, 2.45) is 0 Å². The molecule has 0 saturated carbocycles. The van der Waals surface area contributed by atoms with Crippen LogP contribution in [-0.4, -0.2) is 26.5 Å². The van der Waals surface area contributed by atoms with Crippen LogP contribution in [0.5, 0.6) is 5.75 Å². The minimum Gasteiger partial charge on any atom is -0.508 e. The first-order valence-electron chi connectivity index (χ1n) is 7.13. The van der Waals surface area contributed by atoms with Crippen LogP contribution in [0.3, 0.4) is 0 Å². The van der Waals surface area contributed by atoms with Crippen molar-refractivity contribution in [3.63, 3.8) is 0 Å². The number of aliphatic hydroxyl groups is 1. The molecule has 1 aromatic carbocycles. The number of rotatable bonds is 6. The molecule has 2 aromatic rings. The van der Waals surface area contributed by atoms with Crippen molar-refractivity contribution in [1.29, 1.82) is 0 Å². The van der Waals surface area contributed by atoms with Gasteiger partial charge in [-0.15, -0.1) is 5.10 Å². The number of hydrogen-bond acceptors (Lipinski definition) is 4. The third kappa shape index (κ3) is 5.00. The van der Waals surface area contributed by atoms with Gasteiger partial charge in [-0.3, -0.25) is 0 Å². The topological polar surface area (TPSA) is 66.2 Å². The molecule has 1 atom stereocenters. The zero-order chi connectivity index (χ0) is 15.1. The molecule has 1 aromatic heterocycles. The Kier molecular flexibility index (Phi) is 5.46. The first-order chi connectivity index (χ1) is 10.1. The molecule has 2 N–H and O–H groups in total. The molecule has 0 aliphatic rings. The van der Waals surface area contributed by atoms with Crippen LogP contribution in [0.15, 0.2) is 42.5 Å². The molecule has 0 aliphatic heterocycles. The van der Waals surface area contributed by atoms with Crippen molar-refractivity contribution in [3.05, 3.63) is 48.2 Å². The third-order valence-electron chi connectivity index (χ3n) is 3.13. The predicted molar refractivity (Wildman–Crippen MR) is 83.7 cm³/mol. The van der Waals surface area contributed by atoms with Crippen LogP contribution in [0, 0.1) is 0 Å². The van der Waals surface area contributed by atoms with Crippen molar-refractivity contribution < 1.29 is 10.2 Å². The minimum absolute atomic E-state index is 0.234. The average molecular weight is 284 g/mol. The second kappa shape index (κ2) is 7.55. The van der Waals surface area contributed by atoms with E-state index >= 15 is 0 Å². The van der Waals surface area contributed by atoms with E-state index < -0.39 is 0 Å². The molecule has 0 aliphatic carbocycles. The van der Waals surface area contributed by atoms with E-state index in [1.807, 2.05) is 36.4 Å². The van der Waals surface area contributed by atoms with Crippen LogP contribution in [0.2, 0.25) is 0 Å². The first-order valence-corrected chi connectivity index (χ1v) is 7.13. The van der Waals surface area contributed by atoms with Gasteiger partial charge in [0.15, 0.2) is 0 Å². The molecule has 0 fully saturated rings. The summed E-state index contributed by atoms with van der Waals surface area (Å²) in [5.41, 5.74) is 2.52. The zero-order valence-electron chi connectivity index (χ0n) is 12.1. The van der Waals surface area contributed by atoms with Gasteiger partial charge in [-0.2, -0.15) is 5.10 Å². The number of allylic oxidation sites excluding steroid dienone is 1. The maximum absolute atomic E-state index is 9.26. The number of hydrogen-bond donors (Lipinski definition) is 2.